The van der Waals surface area contributed by atoms with E-state index in [4.69, 9.17) is 16.2 Å². The number of hydrogen-bond donors (Lipinski definition) is 3. The van der Waals surface area contributed by atoms with Crippen molar-refractivity contribution in [1.82, 2.24) is 0 Å². The van der Waals surface area contributed by atoms with E-state index in [1.54, 1.807) is 0 Å². The van der Waals surface area contributed by atoms with Crippen LogP contribution in [0, 0.1) is 0 Å². The molecule has 21 heavy (non-hydrogen) atoms. The van der Waals surface area contributed by atoms with E-state index in [0.717, 1.165) is 32.0 Å². The van der Waals surface area contributed by atoms with Crippen LogP contribution < -0.4 is 21.8 Å². The molecule has 2 aliphatic rings. The largest absolute Gasteiger partial charge is 0.380 e. The number of hydrazone groups is 1. The third-order valence-corrected chi connectivity index (χ3v) is 3.29. The molecular formula is C13H17N7O. The van der Waals surface area contributed by atoms with Gasteiger partial charge in [0.05, 0.1) is 18.9 Å². The van der Waals surface area contributed by atoms with Gasteiger partial charge < -0.3 is 21.1 Å². The Morgan fingerprint density at radius 2 is 1.67 bits per heavy atom. The lowest BCUT2D eigenvalue weighted by Crippen LogP contribution is -2.36. The van der Waals surface area contributed by atoms with Gasteiger partial charge >= 0.3 is 0 Å². The summed E-state index contributed by atoms with van der Waals surface area (Å²) in [5.41, 5.74) is 16.5. The van der Waals surface area contributed by atoms with E-state index in [0.29, 0.717) is 5.71 Å². The molecule has 1 saturated heterocycles. The first kappa shape index (κ1) is 13.4. The predicted molar refractivity (Wildman–Crippen MR) is 83.8 cm³/mol. The SMILES string of the molecule is NC1=NN=C(N)C1=NNc1ccc(N2CCOCC2)cc1. The monoisotopic (exact) mass is 287 g/mol. The molecule has 1 aromatic rings. The van der Waals surface area contributed by atoms with E-state index < -0.39 is 0 Å². The third-order valence-electron chi connectivity index (χ3n) is 3.29. The van der Waals surface area contributed by atoms with Gasteiger partial charge in [0.25, 0.3) is 0 Å². The summed E-state index contributed by atoms with van der Waals surface area (Å²) in [5, 5.41) is 11.4. The number of ether oxygens (including phenoxy) is 1. The summed E-state index contributed by atoms with van der Waals surface area (Å²) in [7, 11) is 0. The minimum Gasteiger partial charge on any atom is -0.380 e. The summed E-state index contributed by atoms with van der Waals surface area (Å²) in [6.45, 7) is 3.36. The second-order valence-corrected chi connectivity index (χ2v) is 4.69. The molecule has 2 aliphatic heterocycles. The Morgan fingerprint density at radius 1 is 1.05 bits per heavy atom. The second kappa shape index (κ2) is 5.80. The van der Waals surface area contributed by atoms with Crippen molar-refractivity contribution < 1.29 is 4.74 Å². The van der Waals surface area contributed by atoms with Crippen LogP contribution >= 0.6 is 0 Å². The Kier molecular flexibility index (Phi) is 3.69. The molecule has 2 heterocycles. The first-order valence-electron chi connectivity index (χ1n) is 6.68. The van der Waals surface area contributed by atoms with Gasteiger partial charge in [-0.2, -0.15) is 5.10 Å². The van der Waals surface area contributed by atoms with Crippen LogP contribution in [0.3, 0.4) is 0 Å². The Labute approximate surface area is 122 Å². The van der Waals surface area contributed by atoms with E-state index in [1.165, 1.54) is 5.69 Å². The van der Waals surface area contributed by atoms with Crippen LogP contribution in [0.5, 0.6) is 0 Å². The average Bonchev–Trinajstić information content (AvgIpc) is 2.85. The van der Waals surface area contributed by atoms with E-state index >= 15 is 0 Å². The van der Waals surface area contributed by atoms with Crippen molar-refractivity contribution in [3.63, 3.8) is 0 Å². The topological polar surface area (TPSA) is 114 Å². The predicted octanol–water partition coefficient (Wildman–Crippen LogP) is -0.0659. The summed E-state index contributed by atoms with van der Waals surface area (Å²) in [4.78, 5) is 2.28. The highest BCUT2D eigenvalue weighted by Gasteiger charge is 2.16. The fraction of sp³-hybridized carbons (Fsp3) is 0.308. The van der Waals surface area contributed by atoms with Crippen molar-refractivity contribution >= 4 is 28.8 Å². The standard InChI is InChI=1S/C13H17N7O/c14-12-11(13(15)19-18-12)17-16-9-1-3-10(4-2-9)20-5-7-21-8-6-20/h1-4,16H,5-8H2,(H4,14,15,17,18,19). The van der Waals surface area contributed by atoms with E-state index in [2.05, 4.69) is 25.6 Å². The minimum atomic E-state index is 0.213. The van der Waals surface area contributed by atoms with Crippen molar-refractivity contribution in [3.05, 3.63) is 24.3 Å². The van der Waals surface area contributed by atoms with Crippen LogP contribution in [0.2, 0.25) is 0 Å². The molecule has 8 nitrogen and oxygen atoms in total. The smallest absolute Gasteiger partial charge is 0.177 e. The lowest BCUT2D eigenvalue weighted by Gasteiger charge is -2.28. The number of nitrogens with two attached hydrogens (primary N) is 2. The molecule has 0 unspecified atom stereocenters. The van der Waals surface area contributed by atoms with Crippen molar-refractivity contribution in [3.8, 4) is 0 Å². The van der Waals surface area contributed by atoms with Crippen LogP contribution in [-0.4, -0.2) is 43.7 Å². The molecule has 0 amide bonds. The zero-order valence-corrected chi connectivity index (χ0v) is 11.5. The Morgan fingerprint density at radius 3 is 2.29 bits per heavy atom. The summed E-state index contributed by atoms with van der Waals surface area (Å²) < 4.78 is 5.34. The van der Waals surface area contributed by atoms with Crippen molar-refractivity contribution in [2.24, 2.45) is 26.8 Å². The lowest BCUT2D eigenvalue weighted by atomic mass is 10.2. The number of anilines is 2. The summed E-state index contributed by atoms with van der Waals surface area (Å²) in [6, 6.07) is 7.98. The second-order valence-electron chi connectivity index (χ2n) is 4.69. The van der Waals surface area contributed by atoms with Gasteiger partial charge in [-0.25, -0.2) is 0 Å². The molecule has 3 rings (SSSR count). The van der Waals surface area contributed by atoms with Gasteiger partial charge in [0.1, 0.15) is 0 Å². The molecule has 0 radical (unpaired) electrons. The highest BCUT2D eigenvalue weighted by Crippen LogP contribution is 2.19. The van der Waals surface area contributed by atoms with Gasteiger partial charge in [-0.05, 0) is 24.3 Å². The van der Waals surface area contributed by atoms with Crippen LogP contribution in [0.4, 0.5) is 11.4 Å². The van der Waals surface area contributed by atoms with Crippen molar-refractivity contribution in [1.29, 1.82) is 0 Å². The Hall–Kier alpha value is -2.61. The quantitative estimate of drug-likeness (QED) is 0.674. The van der Waals surface area contributed by atoms with Crippen molar-refractivity contribution in [2.75, 3.05) is 36.6 Å². The van der Waals surface area contributed by atoms with E-state index in [-0.39, 0.29) is 11.7 Å². The molecule has 0 atom stereocenters. The number of morpholine rings is 1. The summed E-state index contributed by atoms with van der Waals surface area (Å²) in [6.07, 6.45) is 0. The molecule has 1 fully saturated rings. The molecule has 1 aromatic carbocycles. The molecule has 5 N–H and O–H groups in total. The van der Waals surface area contributed by atoms with Gasteiger partial charge in [0.2, 0.25) is 0 Å². The fourth-order valence-electron chi connectivity index (χ4n) is 2.14. The third kappa shape index (κ3) is 2.95. The normalized spacial score (nSPS) is 18.3. The molecule has 0 aromatic heterocycles. The maximum Gasteiger partial charge on any atom is 0.177 e. The van der Waals surface area contributed by atoms with E-state index in [9.17, 15) is 0 Å². The van der Waals surface area contributed by atoms with Crippen LogP contribution in [-0.2, 0) is 4.74 Å². The van der Waals surface area contributed by atoms with Crippen LogP contribution in [0.25, 0.3) is 0 Å². The summed E-state index contributed by atoms with van der Waals surface area (Å²) >= 11 is 0. The Bertz CT molecular complexity index is 579. The number of nitrogens with zero attached hydrogens (tertiary/aromatic N) is 4. The fourth-order valence-corrected chi connectivity index (χ4v) is 2.14. The number of amidine groups is 2. The molecule has 0 aliphatic carbocycles. The molecule has 0 bridgehead atoms. The van der Waals surface area contributed by atoms with Gasteiger partial charge in [-0.3, -0.25) is 5.43 Å². The highest BCUT2D eigenvalue weighted by molar-refractivity contribution is 6.68. The average molecular weight is 287 g/mol. The molecule has 8 heteroatoms. The summed E-state index contributed by atoms with van der Waals surface area (Å²) in [5.74, 6) is 0.426. The minimum absolute atomic E-state index is 0.213. The lowest BCUT2D eigenvalue weighted by molar-refractivity contribution is 0.122. The Balaban J connectivity index is 1.66. The number of benzene rings is 1. The molecule has 110 valence electrons. The number of rotatable bonds is 3. The van der Waals surface area contributed by atoms with E-state index in [1.807, 2.05) is 24.3 Å². The van der Waals surface area contributed by atoms with Gasteiger partial charge in [0.15, 0.2) is 17.4 Å². The molecule has 0 saturated carbocycles. The van der Waals surface area contributed by atoms with Crippen LogP contribution in [0.15, 0.2) is 39.6 Å². The van der Waals surface area contributed by atoms with Crippen LogP contribution in [0.1, 0.15) is 0 Å². The zero-order chi connectivity index (χ0) is 14.7. The maximum atomic E-state index is 5.62. The first-order valence-corrected chi connectivity index (χ1v) is 6.68. The van der Waals surface area contributed by atoms with Gasteiger partial charge in [-0.15, -0.1) is 10.2 Å². The first-order chi connectivity index (χ1) is 10.2. The zero-order valence-electron chi connectivity index (χ0n) is 11.5. The van der Waals surface area contributed by atoms with Gasteiger partial charge in [0, 0.05) is 18.8 Å². The molecular weight excluding hydrogens is 270 g/mol. The van der Waals surface area contributed by atoms with Gasteiger partial charge in [-0.1, -0.05) is 0 Å². The highest BCUT2D eigenvalue weighted by atomic mass is 16.5. The number of nitrogens with one attached hydrogen (secondary N) is 1. The molecule has 0 spiro atoms. The number of hydrogen-bond acceptors (Lipinski definition) is 8. The van der Waals surface area contributed by atoms with Crippen molar-refractivity contribution in [2.45, 2.75) is 0 Å². The maximum absolute atomic E-state index is 5.62.